The molecular formula is C15H24N2O3S. The van der Waals surface area contributed by atoms with Gasteiger partial charge in [-0.05, 0) is 37.7 Å². The Morgan fingerprint density at radius 2 is 2.24 bits per heavy atom. The maximum atomic E-state index is 12.0. The predicted octanol–water partition coefficient (Wildman–Crippen LogP) is 2.19. The molecule has 1 N–H and O–H groups in total. The molecule has 5 nitrogen and oxygen atoms in total. The highest BCUT2D eigenvalue weighted by Gasteiger charge is 2.33. The number of carbonyl (C=O) groups is 1. The summed E-state index contributed by atoms with van der Waals surface area (Å²) < 4.78 is 22.8. The Morgan fingerprint density at radius 3 is 2.90 bits per heavy atom. The molecule has 0 saturated carbocycles. The van der Waals surface area contributed by atoms with Gasteiger partial charge in [0.25, 0.3) is 0 Å². The van der Waals surface area contributed by atoms with Crippen LogP contribution in [0.15, 0.2) is 16.8 Å². The molecular weight excluding hydrogens is 288 g/mol. The summed E-state index contributed by atoms with van der Waals surface area (Å²) in [5, 5.41) is 4.23. The van der Waals surface area contributed by atoms with Gasteiger partial charge >= 0.3 is 0 Å². The quantitative estimate of drug-likeness (QED) is 0.603. The minimum absolute atomic E-state index is 0.0388. The lowest BCUT2D eigenvalue weighted by molar-refractivity contribution is -0.124. The lowest BCUT2D eigenvalue weighted by atomic mass is 10.1. The van der Waals surface area contributed by atoms with E-state index in [1.165, 1.54) is 18.4 Å². The topological polar surface area (TPSA) is 75.6 Å². The maximum Gasteiger partial charge on any atom is 0.244 e. The first-order chi connectivity index (χ1) is 10.0. The highest BCUT2D eigenvalue weighted by molar-refractivity contribution is 7.91. The van der Waals surface area contributed by atoms with Crippen molar-refractivity contribution in [1.29, 1.82) is 0 Å². The lowest BCUT2D eigenvalue weighted by Crippen LogP contribution is -2.28. The first-order valence-corrected chi connectivity index (χ1v) is 9.60. The van der Waals surface area contributed by atoms with Crippen LogP contribution >= 0.6 is 0 Å². The molecule has 1 aliphatic heterocycles. The number of amides is 1. The number of rotatable bonds is 6. The van der Waals surface area contributed by atoms with Crippen molar-refractivity contribution in [2.24, 2.45) is 11.0 Å². The van der Waals surface area contributed by atoms with E-state index >= 15 is 0 Å². The molecule has 0 aromatic heterocycles. The molecule has 1 heterocycles. The molecule has 21 heavy (non-hydrogen) atoms. The van der Waals surface area contributed by atoms with E-state index in [4.69, 9.17) is 0 Å². The summed E-state index contributed by atoms with van der Waals surface area (Å²) in [6.07, 6.45) is 9.01. The Kier molecular flexibility index (Phi) is 5.56. The molecule has 118 valence electrons. The Balaban J connectivity index is 1.86. The molecule has 0 aromatic rings. The van der Waals surface area contributed by atoms with Crippen molar-refractivity contribution in [3.8, 4) is 0 Å². The van der Waals surface area contributed by atoms with Crippen LogP contribution in [0.5, 0.6) is 0 Å². The highest BCUT2D eigenvalue weighted by Crippen LogP contribution is 2.22. The van der Waals surface area contributed by atoms with Gasteiger partial charge < -0.3 is 0 Å². The van der Waals surface area contributed by atoms with Crippen LogP contribution in [0.3, 0.4) is 0 Å². The zero-order valence-electron chi connectivity index (χ0n) is 12.6. The highest BCUT2D eigenvalue weighted by atomic mass is 32.2. The molecule has 1 aliphatic carbocycles. The second kappa shape index (κ2) is 7.20. The first-order valence-electron chi connectivity index (χ1n) is 7.78. The van der Waals surface area contributed by atoms with Gasteiger partial charge in [0.05, 0.1) is 23.1 Å². The number of nitrogens with one attached hydrogen (secondary N) is 1. The number of hydrogen-bond acceptors (Lipinski definition) is 4. The van der Waals surface area contributed by atoms with Crippen LogP contribution in [-0.2, 0) is 14.6 Å². The molecule has 2 rings (SSSR count). The molecule has 0 bridgehead atoms. The summed E-state index contributed by atoms with van der Waals surface area (Å²) >= 11 is 0. The first kappa shape index (κ1) is 16.2. The Morgan fingerprint density at radius 1 is 1.43 bits per heavy atom. The maximum absolute atomic E-state index is 12.0. The summed E-state index contributed by atoms with van der Waals surface area (Å²) in [6, 6.07) is 0. The number of allylic oxidation sites excluding steroid dienone is 2. The summed E-state index contributed by atoms with van der Waals surface area (Å²) in [5.41, 5.74) is 4.77. The van der Waals surface area contributed by atoms with E-state index in [0.29, 0.717) is 6.42 Å². The minimum Gasteiger partial charge on any atom is -0.273 e. The van der Waals surface area contributed by atoms with Crippen LogP contribution in [0.1, 0.15) is 51.9 Å². The molecule has 1 atom stereocenters. The summed E-state index contributed by atoms with van der Waals surface area (Å²) in [7, 11) is -3.02. The van der Waals surface area contributed by atoms with E-state index in [2.05, 4.69) is 23.5 Å². The SMILES string of the molecule is CCCCCC1=CCC/C1=N/NC(=O)[C@@H]1CCS(=O)(=O)C1. The van der Waals surface area contributed by atoms with Crippen molar-refractivity contribution >= 4 is 21.5 Å². The fourth-order valence-corrected chi connectivity index (χ4v) is 4.56. The van der Waals surface area contributed by atoms with Crippen LogP contribution in [-0.4, -0.2) is 31.5 Å². The van der Waals surface area contributed by atoms with Crippen LogP contribution in [0, 0.1) is 5.92 Å². The molecule has 6 heteroatoms. The van der Waals surface area contributed by atoms with Crippen LogP contribution in [0.2, 0.25) is 0 Å². The third-order valence-corrected chi connectivity index (χ3v) is 5.86. The van der Waals surface area contributed by atoms with E-state index in [-0.39, 0.29) is 17.4 Å². The minimum atomic E-state index is -3.02. The van der Waals surface area contributed by atoms with E-state index in [1.54, 1.807) is 0 Å². The van der Waals surface area contributed by atoms with E-state index < -0.39 is 15.8 Å². The predicted molar refractivity (Wildman–Crippen MR) is 83.8 cm³/mol. The molecule has 0 unspecified atom stereocenters. The largest absolute Gasteiger partial charge is 0.273 e. The number of hydrazone groups is 1. The summed E-state index contributed by atoms with van der Waals surface area (Å²) in [4.78, 5) is 12.0. The fraction of sp³-hybridized carbons (Fsp3) is 0.733. The lowest BCUT2D eigenvalue weighted by Gasteiger charge is -2.08. The van der Waals surface area contributed by atoms with Gasteiger partial charge in [0.15, 0.2) is 9.84 Å². The monoisotopic (exact) mass is 312 g/mol. The number of nitrogens with zero attached hydrogens (tertiary/aromatic N) is 1. The van der Waals surface area contributed by atoms with E-state index in [1.807, 2.05) is 0 Å². The van der Waals surface area contributed by atoms with E-state index in [0.717, 1.165) is 31.4 Å². The average molecular weight is 312 g/mol. The van der Waals surface area contributed by atoms with Gasteiger partial charge in [-0.1, -0.05) is 25.8 Å². The van der Waals surface area contributed by atoms with Gasteiger partial charge in [0.1, 0.15) is 0 Å². The van der Waals surface area contributed by atoms with Crippen molar-refractivity contribution in [2.75, 3.05) is 11.5 Å². The third kappa shape index (κ3) is 4.66. The van der Waals surface area contributed by atoms with Crippen molar-refractivity contribution < 1.29 is 13.2 Å². The van der Waals surface area contributed by atoms with Crippen molar-refractivity contribution in [3.63, 3.8) is 0 Å². The summed E-state index contributed by atoms with van der Waals surface area (Å²) in [6.45, 7) is 2.17. The van der Waals surface area contributed by atoms with E-state index in [9.17, 15) is 13.2 Å². The van der Waals surface area contributed by atoms with Crippen molar-refractivity contribution in [3.05, 3.63) is 11.6 Å². The Hall–Kier alpha value is -1.17. The number of hydrogen-bond donors (Lipinski definition) is 1. The Labute approximate surface area is 126 Å². The van der Waals surface area contributed by atoms with Crippen LogP contribution < -0.4 is 5.43 Å². The molecule has 0 aromatic carbocycles. The van der Waals surface area contributed by atoms with Crippen molar-refractivity contribution in [2.45, 2.75) is 51.9 Å². The zero-order chi connectivity index (χ0) is 15.3. The van der Waals surface area contributed by atoms with Crippen LogP contribution in [0.25, 0.3) is 0 Å². The number of unbranched alkanes of at least 4 members (excludes halogenated alkanes) is 2. The normalized spacial score (nSPS) is 26.0. The standard InChI is InChI=1S/C15H24N2O3S/c1-2-3-4-6-12-7-5-8-14(12)16-17-15(18)13-9-10-21(19,20)11-13/h7,13H,2-6,8-11H2,1H3,(H,17,18)/b16-14-/t13-/m1/s1. The van der Waals surface area contributed by atoms with Crippen molar-refractivity contribution in [1.82, 2.24) is 5.43 Å². The summed E-state index contributed by atoms with van der Waals surface area (Å²) in [5.74, 6) is -0.621. The molecule has 0 spiro atoms. The molecule has 0 radical (unpaired) electrons. The molecule has 2 aliphatic rings. The van der Waals surface area contributed by atoms with Gasteiger partial charge in [-0.3, -0.25) is 4.79 Å². The van der Waals surface area contributed by atoms with Gasteiger partial charge in [-0.2, -0.15) is 5.10 Å². The van der Waals surface area contributed by atoms with Gasteiger partial charge in [-0.15, -0.1) is 0 Å². The van der Waals surface area contributed by atoms with Crippen LogP contribution in [0.4, 0.5) is 0 Å². The average Bonchev–Trinajstić information content (AvgIpc) is 3.03. The molecule has 1 fully saturated rings. The smallest absolute Gasteiger partial charge is 0.244 e. The van der Waals surface area contributed by atoms with Gasteiger partial charge in [0.2, 0.25) is 5.91 Å². The Bertz CT molecular complexity index is 549. The van der Waals surface area contributed by atoms with Gasteiger partial charge in [0, 0.05) is 0 Å². The number of carbonyl (C=O) groups excluding carboxylic acids is 1. The molecule has 1 amide bonds. The second-order valence-corrected chi connectivity index (χ2v) is 8.09. The fourth-order valence-electron chi connectivity index (χ4n) is 2.82. The number of sulfone groups is 1. The third-order valence-electron chi connectivity index (χ3n) is 4.10. The van der Waals surface area contributed by atoms with Gasteiger partial charge in [-0.25, -0.2) is 13.8 Å². The molecule has 1 saturated heterocycles. The second-order valence-electron chi connectivity index (χ2n) is 5.86. The zero-order valence-corrected chi connectivity index (χ0v) is 13.4.